The van der Waals surface area contributed by atoms with E-state index in [1.807, 2.05) is 18.2 Å². The fourth-order valence-corrected chi connectivity index (χ4v) is 2.91. The first-order chi connectivity index (χ1) is 9.58. The van der Waals surface area contributed by atoms with Crippen LogP contribution in [0.15, 0.2) is 24.3 Å². The Hall–Kier alpha value is -1.31. The molecular weight excluding hydrogens is 371 g/mol. The topological polar surface area (TPSA) is 69.6 Å². The van der Waals surface area contributed by atoms with Crippen molar-refractivity contribution >= 4 is 40.3 Å². The van der Waals surface area contributed by atoms with Gasteiger partial charge in [-0.3, -0.25) is 0 Å². The van der Waals surface area contributed by atoms with Gasteiger partial charge in [-0.2, -0.15) is 0 Å². The van der Waals surface area contributed by atoms with E-state index >= 15 is 0 Å². The van der Waals surface area contributed by atoms with Crippen LogP contribution in [-0.2, 0) is 4.79 Å². The van der Waals surface area contributed by atoms with Crippen LogP contribution in [0.25, 0.3) is 0 Å². The Morgan fingerprint density at radius 2 is 2.10 bits per heavy atom. The fourth-order valence-electron chi connectivity index (χ4n) is 2.37. The van der Waals surface area contributed by atoms with Crippen molar-refractivity contribution in [2.75, 3.05) is 11.9 Å². The molecule has 1 unspecified atom stereocenters. The molecule has 1 heterocycles. The highest BCUT2D eigenvalue weighted by atomic mass is 127. The van der Waals surface area contributed by atoms with Crippen LogP contribution in [0.5, 0.6) is 0 Å². The van der Waals surface area contributed by atoms with Gasteiger partial charge in [0.05, 0.1) is 0 Å². The summed E-state index contributed by atoms with van der Waals surface area (Å²) in [6, 6.07) is 6.39. The second-order valence-electron chi connectivity index (χ2n) is 4.84. The molecular formula is C14H17IN2O3. The molecule has 1 saturated heterocycles. The second-order valence-corrected chi connectivity index (χ2v) is 6.08. The maximum atomic E-state index is 12.3. The third-order valence-electron chi connectivity index (χ3n) is 3.37. The number of nitrogens with zero attached hydrogens (tertiary/aromatic N) is 1. The number of amides is 2. The van der Waals surface area contributed by atoms with Crippen molar-refractivity contribution in [3.8, 4) is 0 Å². The van der Waals surface area contributed by atoms with Gasteiger partial charge in [-0.25, -0.2) is 9.59 Å². The molecule has 1 atom stereocenters. The molecule has 20 heavy (non-hydrogen) atoms. The summed E-state index contributed by atoms with van der Waals surface area (Å²) in [4.78, 5) is 25.0. The number of anilines is 1. The van der Waals surface area contributed by atoms with Crippen LogP contribution >= 0.6 is 22.6 Å². The molecule has 2 N–H and O–H groups in total. The van der Waals surface area contributed by atoms with Crippen LogP contribution in [0.1, 0.15) is 25.7 Å². The Labute approximate surface area is 131 Å². The van der Waals surface area contributed by atoms with Crippen molar-refractivity contribution < 1.29 is 14.7 Å². The van der Waals surface area contributed by atoms with Gasteiger partial charge in [0.25, 0.3) is 0 Å². The number of urea groups is 1. The van der Waals surface area contributed by atoms with Crippen molar-refractivity contribution in [3.05, 3.63) is 27.8 Å². The minimum absolute atomic E-state index is 0.332. The summed E-state index contributed by atoms with van der Waals surface area (Å²) in [6.45, 7) is 0.493. The minimum Gasteiger partial charge on any atom is -0.480 e. The molecule has 0 aromatic heterocycles. The Morgan fingerprint density at radius 1 is 1.30 bits per heavy atom. The molecule has 1 fully saturated rings. The molecule has 5 nitrogen and oxygen atoms in total. The SMILES string of the molecule is O=C(O)C1CCCCCN1C(=O)Nc1cccc(I)c1. The molecule has 1 aliphatic heterocycles. The highest BCUT2D eigenvalue weighted by molar-refractivity contribution is 14.1. The Bertz CT molecular complexity index is 507. The van der Waals surface area contributed by atoms with Crippen molar-refractivity contribution in [1.29, 1.82) is 0 Å². The van der Waals surface area contributed by atoms with Crippen LogP contribution in [0.2, 0.25) is 0 Å². The predicted molar refractivity (Wildman–Crippen MR) is 84.8 cm³/mol. The van der Waals surface area contributed by atoms with E-state index in [1.54, 1.807) is 6.07 Å². The maximum Gasteiger partial charge on any atom is 0.326 e. The summed E-state index contributed by atoms with van der Waals surface area (Å²) in [5.41, 5.74) is 0.690. The average Bonchev–Trinajstić information content (AvgIpc) is 2.64. The molecule has 2 rings (SSSR count). The quantitative estimate of drug-likeness (QED) is 0.765. The van der Waals surface area contributed by atoms with E-state index in [0.717, 1.165) is 22.8 Å². The molecule has 0 spiro atoms. The smallest absolute Gasteiger partial charge is 0.326 e. The Morgan fingerprint density at radius 3 is 2.80 bits per heavy atom. The number of carbonyl (C=O) groups is 2. The number of nitrogens with one attached hydrogen (secondary N) is 1. The zero-order valence-corrected chi connectivity index (χ0v) is 13.2. The Balaban J connectivity index is 2.10. The number of rotatable bonds is 2. The van der Waals surface area contributed by atoms with Crippen LogP contribution in [0.3, 0.4) is 0 Å². The summed E-state index contributed by atoms with van der Waals surface area (Å²) in [5.74, 6) is -0.926. The number of benzene rings is 1. The number of likely N-dealkylation sites (tertiary alicyclic amines) is 1. The Kier molecular flexibility index (Phi) is 5.22. The monoisotopic (exact) mass is 388 g/mol. The highest BCUT2D eigenvalue weighted by Crippen LogP contribution is 2.19. The van der Waals surface area contributed by atoms with Gasteiger partial charge in [0, 0.05) is 15.8 Å². The van der Waals surface area contributed by atoms with Crippen molar-refractivity contribution in [1.82, 2.24) is 4.90 Å². The number of halogens is 1. The molecule has 1 aromatic carbocycles. The van der Waals surface area contributed by atoms with Crippen LogP contribution in [-0.4, -0.2) is 34.6 Å². The molecule has 0 aliphatic carbocycles. The number of carboxylic acid groups (broad SMARTS) is 1. The second kappa shape index (κ2) is 6.92. The fraction of sp³-hybridized carbons (Fsp3) is 0.429. The third kappa shape index (κ3) is 3.84. The molecule has 0 bridgehead atoms. The highest BCUT2D eigenvalue weighted by Gasteiger charge is 2.30. The molecule has 1 aliphatic rings. The van der Waals surface area contributed by atoms with E-state index in [1.165, 1.54) is 4.90 Å². The predicted octanol–water partition coefficient (Wildman–Crippen LogP) is 3.15. The molecule has 0 saturated carbocycles. The molecule has 108 valence electrons. The summed E-state index contributed by atoms with van der Waals surface area (Å²) in [7, 11) is 0. The van der Waals surface area contributed by atoms with Crippen molar-refractivity contribution in [2.24, 2.45) is 0 Å². The van der Waals surface area contributed by atoms with E-state index in [-0.39, 0.29) is 6.03 Å². The van der Waals surface area contributed by atoms with Gasteiger partial charge in [-0.15, -0.1) is 0 Å². The van der Waals surface area contributed by atoms with E-state index in [9.17, 15) is 14.7 Å². The molecule has 2 amide bonds. The number of hydrogen-bond donors (Lipinski definition) is 2. The first kappa shape index (κ1) is 15.1. The van der Waals surface area contributed by atoms with Crippen molar-refractivity contribution in [3.63, 3.8) is 0 Å². The van der Waals surface area contributed by atoms with Gasteiger partial charge in [0.1, 0.15) is 6.04 Å². The van der Waals surface area contributed by atoms with Crippen LogP contribution in [0, 0.1) is 3.57 Å². The lowest BCUT2D eigenvalue weighted by molar-refractivity contribution is -0.142. The largest absolute Gasteiger partial charge is 0.480 e. The van der Waals surface area contributed by atoms with Crippen LogP contribution in [0.4, 0.5) is 10.5 Å². The lowest BCUT2D eigenvalue weighted by Crippen LogP contribution is -2.46. The molecule has 1 aromatic rings. The summed E-state index contributed by atoms with van der Waals surface area (Å²) >= 11 is 2.17. The zero-order valence-electron chi connectivity index (χ0n) is 11.0. The number of carbonyl (C=O) groups excluding carboxylic acids is 1. The number of aliphatic carboxylic acids is 1. The van der Waals surface area contributed by atoms with E-state index < -0.39 is 12.0 Å². The first-order valence-corrected chi connectivity index (χ1v) is 7.72. The lowest BCUT2D eigenvalue weighted by atomic mass is 10.1. The van der Waals surface area contributed by atoms with Crippen molar-refractivity contribution in [2.45, 2.75) is 31.7 Å². The van der Waals surface area contributed by atoms with Gasteiger partial charge in [0.2, 0.25) is 0 Å². The third-order valence-corrected chi connectivity index (χ3v) is 4.05. The van der Waals surface area contributed by atoms with Gasteiger partial charge in [-0.05, 0) is 53.6 Å². The zero-order chi connectivity index (χ0) is 14.5. The number of hydrogen-bond acceptors (Lipinski definition) is 2. The maximum absolute atomic E-state index is 12.3. The van der Waals surface area contributed by atoms with Gasteiger partial charge >= 0.3 is 12.0 Å². The average molecular weight is 388 g/mol. The summed E-state index contributed by atoms with van der Waals surface area (Å²) in [5, 5.41) is 12.1. The molecule has 0 radical (unpaired) electrons. The molecule has 6 heteroatoms. The lowest BCUT2D eigenvalue weighted by Gasteiger charge is -2.27. The summed E-state index contributed by atoms with van der Waals surface area (Å²) in [6.07, 6.45) is 3.19. The van der Waals surface area contributed by atoms with Gasteiger partial charge in [-0.1, -0.05) is 18.9 Å². The normalized spacial score (nSPS) is 19.2. The van der Waals surface area contributed by atoms with E-state index in [0.29, 0.717) is 18.7 Å². The van der Waals surface area contributed by atoms with Gasteiger partial charge < -0.3 is 15.3 Å². The number of carboxylic acids is 1. The van der Waals surface area contributed by atoms with Crippen LogP contribution < -0.4 is 5.32 Å². The van der Waals surface area contributed by atoms with E-state index in [2.05, 4.69) is 27.9 Å². The summed E-state index contributed by atoms with van der Waals surface area (Å²) < 4.78 is 1.02. The minimum atomic E-state index is -0.926. The standard InChI is InChI=1S/C14H17IN2O3/c15-10-5-4-6-11(9-10)16-14(20)17-8-3-1-2-7-12(17)13(18)19/h4-6,9,12H,1-3,7-8H2,(H,16,20)(H,18,19). The van der Waals surface area contributed by atoms with E-state index in [4.69, 9.17) is 0 Å². The van der Waals surface area contributed by atoms with Gasteiger partial charge in [0.15, 0.2) is 0 Å². The first-order valence-electron chi connectivity index (χ1n) is 6.64.